The van der Waals surface area contributed by atoms with Gasteiger partial charge in [0, 0.05) is 30.9 Å². The van der Waals surface area contributed by atoms with E-state index in [2.05, 4.69) is 54.7 Å². The largest absolute Gasteiger partial charge is 0.303 e. The Bertz CT molecular complexity index is 585. The van der Waals surface area contributed by atoms with Crippen LogP contribution in [0.1, 0.15) is 47.8 Å². The summed E-state index contributed by atoms with van der Waals surface area (Å²) in [7, 11) is 1.98. The van der Waals surface area contributed by atoms with Crippen molar-refractivity contribution >= 4 is 0 Å². The van der Waals surface area contributed by atoms with E-state index in [-0.39, 0.29) is 0 Å². The predicted molar refractivity (Wildman–Crippen MR) is 77.0 cm³/mol. The standard InChI is InChI=1S/C16H21N3/c1-11(15-10-19(3)18-12(15)2)17-16-9-8-13-6-4-5-7-14(13)16/h4-7,10-11,16-17H,8-9H2,1-3H3. The number of fused-ring (bicyclic) bond motifs is 1. The number of nitrogens with zero attached hydrogens (tertiary/aromatic N) is 2. The van der Waals surface area contributed by atoms with Gasteiger partial charge in [-0.1, -0.05) is 24.3 Å². The molecule has 1 aromatic heterocycles. The van der Waals surface area contributed by atoms with Gasteiger partial charge >= 0.3 is 0 Å². The van der Waals surface area contributed by atoms with Gasteiger partial charge < -0.3 is 5.32 Å². The first-order chi connectivity index (χ1) is 9.15. The maximum atomic E-state index is 4.43. The van der Waals surface area contributed by atoms with Crippen LogP contribution in [0.2, 0.25) is 0 Å². The van der Waals surface area contributed by atoms with Crippen LogP contribution in [0.15, 0.2) is 30.5 Å². The van der Waals surface area contributed by atoms with Gasteiger partial charge in [0.2, 0.25) is 0 Å². The third-order valence-electron chi connectivity index (χ3n) is 4.10. The second-order valence-corrected chi connectivity index (χ2v) is 5.52. The van der Waals surface area contributed by atoms with Crippen molar-refractivity contribution in [2.24, 2.45) is 7.05 Å². The lowest BCUT2D eigenvalue weighted by Crippen LogP contribution is -2.23. The Kier molecular flexibility index (Phi) is 3.15. The number of aromatic nitrogens is 2. The van der Waals surface area contributed by atoms with Gasteiger partial charge in [0.15, 0.2) is 0 Å². The molecule has 3 nitrogen and oxygen atoms in total. The van der Waals surface area contributed by atoms with Gasteiger partial charge in [0.25, 0.3) is 0 Å². The summed E-state index contributed by atoms with van der Waals surface area (Å²) in [4.78, 5) is 0. The molecule has 1 heterocycles. The maximum absolute atomic E-state index is 4.43. The van der Waals surface area contributed by atoms with Crippen molar-refractivity contribution in [1.82, 2.24) is 15.1 Å². The lowest BCUT2D eigenvalue weighted by atomic mass is 10.1. The van der Waals surface area contributed by atoms with Crippen molar-refractivity contribution in [1.29, 1.82) is 0 Å². The van der Waals surface area contributed by atoms with Crippen LogP contribution in [-0.2, 0) is 13.5 Å². The van der Waals surface area contributed by atoms with E-state index in [4.69, 9.17) is 0 Å². The fourth-order valence-electron chi connectivity index (χ4n) is 3.16. The van der Waals surface area contributed by atoms with Crippen molar-refractivity contribution < 1.29 is 0 Å². The highest BCUT2D eigenvalue weighted by molar-refractivity contribution is 5.34. The Hall–Kier alpha value is -1.61. The molecule has 2 unspecified atom stereocenters. The van der Waals surface area contributed by atoms with E-state index in [9.17, 15) is 0 Å². The molecule has 1 N–H and O–H groups in total. The van der Waals surface area contributed by atoms with Crippen LogP contribution in [-0.4, -0.2) is 9.78 Å². The molecule has 3 rings (SSSR count). The zero-order chi connectivity index (χ0) is 13.4. The number of aryl methyl sites for hydroxylation is 3. The summed E-state index contributed by atoms with van der Waals surface area (Å²) in [6.07, 6.45) is 4.50. The lowest BCUT2D eigenvalue weighted by Gasteiger charge is -2.20. The van der Waals surface area contributed by atoms with Crippen LogP contribution < -0.4 is 5.32 Å². The highest BCUT2D eigenvalue weighted by Gasteiger charge is 2.24. The summed E-state index contributed by atoms with van der Waals surface area (Å²) in [6, 6.07) is 9.59. The van der Waals surface area contributed by atoms with Crippen molar-refractivity contribution in [2.45, 2.75) is 38.8 Å². The SMILES string of the molecule is Cc1nn(C)cc1C(C)NC1CCc2ccccc21. The minimum Gasteiger partial charge on any atom is -0.303 e. The summed E-state index contributed by atoms with van der Waals surface area (Å²) in [6.45, 7) is 4.31. The quantitative estimate of drug-likeness (QED) is 0.913. The van der Waals surface area contributed by atoms with Crippen molar-refractivity contribution in [3.05, 3.63) is 52.8 Å². The topological polar surface area (TPSA) is 29.9 Å². The molecule has 1 aromatic carbocycles. The summed E-state index contributed by atoms with van der Waals surface area (Å²) in [5.41, 5.74) is 5.38. The second kappa shape index (κ2) is 4.82. The van der Waals surface area contributed by atoms with Gasteiger partial charge in [-0.25, -0.2) is 0 Å². The fraction of sp³-hybridized carbons (Fsp3) is 0.438. The third-order valence-corrected chi connectivity index (χ3v) is 4.10. The molecule has 1 aliphatic carbocycles. The number of benzene rings is 1. The van der Waals surface area contributed by atoms with E-state index < -0.39 is 0 Å². The minimum absolute atomic E-state index is 0.338. The summed E-state index contributed by atoms with van der Waals surface area (Å²) < 4.78 is 1.89. The Balaban J connectivity index is 1.78. The van der Waals surface area contributed by atoms with Crippen LogP contribution >= 0.6 is 0 Å². The molecule has 0 aliphatic heterocycles. The van der Waals surface area contributed by atoms with Crippen molar-refractivity contribution in [2.75, 3.05) is 0 Å². The van der Waals surface area contributed by atoms with E-state index in [0.29, 0.717) is 12.1 Å². The molecule has 2 atom stereocenters. The average Bonchev–Trinajstić information content (AvgIpc) is 2.94. The zero-order valence-corrected chi connectivity index (χ0v) is 11.9. The van der Waals surface area contributed by atoms with Gasteiger partial charge in [-0.2, -0.15) is 5.10 Å². The number of hydrogen-bond acceptors (Lipinski definition) is 2. The second-order valence-electron chi connectivity index (χ2n) is 5.52. The molecular formula is C16H21N3. The van der Waals surface area contributed by atoms with Gasteiger partial charge in [0.1, 0.15) is 0 Å². The maximum Gasteiger partial charge on any atom is 0.0641 e. The number of hydrogen-bond donors (Lipinski definition) is 1. The lowest BCUT2D eigenvalue weighted by molar-refractivity contribution is 0.463. The van der Waals surface area contributed by atoms with Crippen LogP contribution in [0, 0.1) is 6.92 Å². The zero-order valence-electron chi connectivity index (χ0n) is 11.9. The molecule has 2 aromatic rings. The predicted octanol–water partition coefficient (Wildman–Crippen LogP) is 3.07. The molecule has 0 saturated heterocycles. The van der Waals surface area contributed by atoms with Crippen LogP contribution in [0.5, 0.6) is 0 Å². The van der Waals surface area contributed by atoms with E-state index in [0.717, 1.165) is 5.69 Å². The van der Waals surface area contributed by atoms with Crippen LogP contribution in [0.4, 0.5) is 0 Å². The normalized spacial score (nSPS) is 19.4. The van der Waals surface area contributed by atoms with Crippen LogP contribution in [0.3, 0.4) is 0 Å². The molecule has 3 heteroatoms. The number of rotatable bonds is 3. The third kappa shape index (κ3) is 2.30. The van der Waals surface area contributed by atoms with Gasteiger partial charge in [0.05, 0.1) is 5.69 Å². The van der Waals surface area contributed by atoms with E-state index in [1.54, 1.807) is 0 Å². The molecule has 19 heavy (non-hydrogen) atoms. The molecule has 0 radical (unpaired) electrons. The summed E-state index contributed by atoms with van der Waals surface area (Å²) in [5.74, 6) is 0. The van der Waals surface area contributed by atoms with Crippen molar-refractivity contribution in [3.8, 4) is 0 Å². The van der Waals surface area contributed by atoms with E-state index in [1.165, 1.54) is 29.5 Å². The Morgan fingerprint density at radius 2 is 2.16 bits per heavy atom. The average molecular weight is 255 g/mol. The molecule has 0 saturated carbocycles. The molecular weight excluding hydrogens is 234 g/mol. The number of nitrogens with one attached hydrogen (secondary N) is 1. The highest BCUT2D eigenvalue weighted by Crippen LogP contribution is 2.33. The van der Waals surface area contributed by atoms with Gasteiger partial charge in [-0.05, 0) is 37.8 Å². The molecule has 0 spiro atoms. The Morgan fingerprint density at radius 3 is 2.89 bits per heavy atom. The molecule has 0 bridgehead atoms. The minimum atomic E-state index is 0.338. The molecule has 0 fully saturated rings. The van der Waals surface area contributed by atoms with E-state index >= 15 is 0 Å². The Labute approximate surface area is 114 Å². The summed E-state index contributed by atoms with van der Waals surface area (Å²) >= 11 is 0. The fourth-order valence-corrected chi connectivity index (χ4v) is 3.16. The van der Waals surface area contributed by atoms with Crippen molar-refractivity contribution in [3.63, 3.8) is 0 Å². The first kappa shape index (κ1) is 12.4. The summed E-state index contributed by atoms with van der Waals surface area (Å²) in [5, 5.41) is 8.18. The molecule has 1 aliphatic rings. The highest BCUT2D eigenvalue weighted by atomic mass is 15.3. The molecule has 0 amide bonds. The monoisotopic (exact) mass is 255 g/mol. The van der Waals surface area contributed by atoms with Gasteiger partial charge in [-0.3, -0.25) is 4.68 Å². The first-order valence-corrected chi connectivity index (χ1v) is 6.99. The smallest absolute Gasteiger partial charge is 0.0641 e. The molecule has 100 valence electrons. The van der Waals surface area contributed by atoms with E-state index in [1.807, 2.05) is 11.7 Å². The van der Waals surface area contributed by atoms with Crippen LogP contribution in [0.25, 0.3) is 0 Å². The van der Waals surface area contributed by atoms with Gasteiger partial charge in [-0.15, -0.1) is 0 Å². The Morgan fingerprint density at radius 1 is 1.37 bits per heavy atom. The first-order valence-electron chi connectivity index (χ1n) is 6.99.